The fourth-order valence-electron chi connectivity index (χ4n) is 1.37. The number of rotatable bonds is 9. The first-order valence-electron chi connectivity index (χ1n) is 5.74. The Labute approximate surface area is 90.4 Å². The van der Waals surface area contributed by atoms with Crippen molar-refractivity contribution < 1.29 is 13.6 Å². The predicted octanol–water partition coefficient (Wildman–Crippen LogP) is 3.12. The van der Waals surface area contributed by atoms with Crippen LogP contribution in [0, 0.1) is 0 Å². The molecule has 0 saturated heterocycles. The topological polar surface area (TPSA) is 29.1 Å². The molecule has 0 unspecified atom stereocenters. The van der Waals surface area contributed by atoms with E-state index >= 15 is 0 Å². The average Bonchev–Trinajstić information content (AvgIpc) is 2.21. The third-order valence-electron chi connectivity index (χ3n) is 2.28. The van der Waals surface area contributed by atoms with Gasteiger partial charge >= 0.3 is 6.43 Å². The van der Waals surface area contributed by atoms with Crippen LogP contribution in [0.15, 0.2) is 0 Å². The zero-order valence-electron chi connectivity index (χ0n) is 9.40. The van der Waals surface area contributed by atoms with E-state index in [9.17, 15) is 13.6 Å². The lowest BCUT2D eigenvalue weighted by atomic mass is 10.1. The van der Waals surface area contributed by atoms with Crippen LogP contribution in [0.3, 0.4) is 0 Å². The van der Waals surface area contributed by atoms with Gasteiger partial charge < -0.3 is 5.32 Å². The molecule has 0 bridgehead atoms. The fourth-order valence-corrected chi connectivity index (χ4v) is 1.37. The highest BCUT2D eigenvalue weighted by atomic mass is 19.3. The first-order chi connectivity index (χ1) is 7.18. The quantitative estimate of drug-likeness (QED) is 0.595. The molecule has 1 amide bonds. The largest absolute Gasteiger partial charge is 0.351 e. The van der Waals surface area contributed by atoms with Gasteiger partial charge in [0.25, 0.3) is 5.91 Å². The lowest BCUT2D eigenvalue weighted by Crippen LogP contribution is -2.30. The molecule has 0 spiro atoms. The number of unbranched alkanes of at least 4 members (excludes halogenated alkanes) is 6. The summed E-state index contributed by atoms with van der Waals surface area (Å²) in [6.45, 7) is 2.54. The first-order valence-corrected chi connectivity index (χ1v) is 5.74. The molecule has 0 aliphatic carbocycles. The molecule has 0 heterocycles. The van der Waals surface area contributed by atoms with Crippen molar-refractivity contribution in [3.8, 4) is 0 Å². The minimum atomic E-state index is -2.88. The van der Waals surface area contributed by atoms with Crippen molar-refractivity contribution in [2.75, 3.05) is 6.54 Å². The molecule has 2 nitrogen and oxygen atoms in total. The van der Waals surface area contributed by atoms with Gasteiger partial charge in [-0.25, -0.2) is 0 Å². The minimum absolute atomic E-state index is 0.372. The van der Waals surface area contributed by atoms with Gasteiger partial charge in [0.1, 0.15) is 0 Å². The number of carbonyl (C=O) groups is 1. The summed E-state index contributed by atoms with van der Waals surface area (Å²) >= 11 is 0. The normalized spacial score (nSPS) is 10.7. The van der Waals surface area contributed by atoms with Gasteiger partial charge in [0.2, 0.25) is 0 Å². The summed E-state index contributed by atoms with van der Waals surface area (Å²) < 4.78 is 23.5. The van der Waals surface area contributed by atoms with Crippen LogP contribution in [0.4, 0.5) is 8.78 Å². The standard InChI is InChI=1S/C11H21F2NO/c1-2-3-4-5-6-7-8-9-14-11(15)10(12)13/h10H,2-9H2,1H3,(H,14,15). The molecule has 0 aliphatic rings. The summed E-state index contributed by atoms with van der Waals surface area (Å²) in [4.78, 5) is 10.5. The SMILES string of the molecule is CCCCCCCCCNC(=O)C(F)F. The zero-order valence-corrected chi connectivity index (χ0v) is 9.40. The van der Waals surface area contributed by atoms with E-state index in [2.05, 4.69) is 12.2 Å². The highest BCUT2D eigenvalue weighted by molar-refractivity contribution is 5.78. The van der Waals surface area contributed by atoms with Gasteiger partial charge in [-0.2, -0.15) is 8.78 Å². The Morgan fingerprint density at radius 1 is 1.07 bits per heavy atom. The molecule has 0 fully saturated rings. The Balaban J connectivity index is 3.08. The summed E-state index contributed by atoms with van der Waals surface area (Å²) in [6.07, 6.45) is 5.00. The number of amides is 1. The molecule has 0 rings (SSSR count). The van der Waals surface area contributed by atoms with Gasteiger partial charge in [-0.3, -0.25) is 4.79 Å². The Morgan fingerprint density at radius 2 is 1.60 bits per heavy atom. The Bertz CT molecular complexity index is 163. The van der Waals surface area contributed by atoms with Crippen LogP contribution < -0.4 is 5.32 Å². The van der Waals surface area contributed by atoms with Gasteiger partial charge in [0.15, 0.2) is 0 Å². The summed E-state index contributed by atoms with van der Waals surface area (Å²) in [6, 6.07) is 0. The number of alkyl halides is 2. The molecule has 90 valence electrons. The van der Waals surface area contributed by atoms with Crippen LogP contribution in [0.2, 0.25) is 0 Å². The van der Waals surface area contributed by atoms with Crippen LogP contribution in [0.25, 0.3) is 0 Å². The van der Waals surface area contributed by atoms with Crippen molar-refractivity contribution in [1.82, 2.24) is 5.32 Å². The third kappa shape index (κ3) is 9.63. The summed E-state index contributed by atoms with van der Waals surface area (Å²) in [7, 11) is 0. The van der Waals surface area contributed by atoms with Gasteiger partial charge in [-0.1, -0.05) is 45.4 Å². The number of hydrogen-bond donors (Lipinski definition) is 1. The molecule has 4 heteroatoms. The monoisotopic (exact) mass is 221 g/mol. The second-order valence-electron chi connectivity index (χ2n) is 3.71. The minimum Gasteiger partial charge on any atom is -0.351 e. The van der Waals surface area contributed by atoms with E-state index in [0.717, 1.165) is 19.3 Å². The summed E-state index contributed by atoms with van der Waals surface area (Å²) in [5, 5.41) is 2.20. The smallest absolute Gasteiger partial charge is 0.315 e. The van der Waals surface area contributed by atoms with Crippen LogP contribution in [0.1, 0.15) is 51.9 Å². The van der Waals surface area contributed by atoms with Crippen molar-refractivity contribution in [3.05, 3.63) is 0 Å². The van der Waals surface area contributed by atoms with E-state index in [4.69, 9.17) is 0 Å². The van der Waals surface area contributed by atoms with Crippen LogP contribution >= 0.6 is 0 Å². The van der Waals surface area contributed by atoms with Crippen molar-refractivity contribution in [2.24, 2.45) is 0 Å². The van der Waals surface area contributed by atoms with Crippen molar-refractivity contribution in [3.63, 3.8) is 0 Å². The lowest BCUT2D eigenvalue weighted by molar-refractivity contribution is -0.131. The summed E-state index contributed by atoms with van der Waals surface area (Å²) in [5.74, 6) is -1.15. The highest BCUT2D eigenvalue weighted by Crippen LogP contribution is 2.06. The van der Waals surface area contributed by atoms with Gasteiger partial charge in [0.05, 0.1) is 0 Å². The third-order valence-corrected chi connectivity index (χ3v) is 2.28. The maximum absolute atomic E-state index is 11.7. The van der Waals surface area contributed by atoms with E-state index in [-0.39, 0.29) is 0 Å². The maximum atomic E-state index is 11.7. The Kier molecular flexibility index (Phi) is 9.43. The van der Waals surface area contributed by atoms with Crippen LogP contribution in [-0.4, -0.2) is 18.9 Å². The van der Waals surface area contributed by atoms with E-state index in [1.54, 1.807) is 0 Å². The van der Waals surface area contributed by atoms with E-state index in [1.807, 2.05) is 0 Å². The Morgan fingerprint density at radius 3 is 2.13 bits per heavy atom. The number of carbonyl (C=O) groups excluding carboxylic acids is 1. The molecule has 1 N–H and O–H groups in total. The fraction of sp³-hybridized carbons (Fsp3) is 0.909. The van der Waals surface area contributed by atoms with E-state index < -0.39 is 12.3 Å². The van der Waals surface area contributed by atoms with Gasteiger partial charge in [-0.15, -0.1) is 0 Å². The molecule has 0 saturated carbocycles. The van der Waals surface area contributed by atoms with Crippen molar-refractivity contribution in [2.45, 2.75) is 58.3 Å². The maximum Gasteiger partial charge on any atom is 0.315 e. The van der Waals surface area contributed by atoms with Crippen LogP contribution in [0.5, 0.6) is 0 Å². The zero-order chi connectivity index (χ0) is 11.5. The van der Waals surface area contributed by atoms with E-state index in [1.165, 1.54) is 25.7 Å². The van der Waals surface area contributed by atoms with Crippen LogP contribution in [-0.2, 0) is 4.79 Å². The highest BCUT2D eigenvalue weighted by Gasteiger charge is 2.12. The van der Waals surface area contributed by atoms with E-state index in [0.29, 0.717) is 6.54 Å². The molecular formula is C11H21F2NO. The molecule has 0 aromatic carbocycles. The molecule has 0 aromatic heterocycles. The Hall–Kier alpha value is -0.670. The molecule has 0 aromatic rings. The second-order valence-corrected chi connectivity index (χ2v) is 3.71. The van der Waals surface area contributed by atoms with Crippen molar-refractivity contribution in [1.29, 1.82) is 0 Å². The second kappa shape index (κ2) is 9.87. The van der Waals surface area contributed by atoms with Gasteiger partial charge in [0, 0.05) is 6.54 Å². The molecule has 15 heavy (non-hydrogen) atoms. The number of hydrogen-bond acceptors (Lipinski definition) is 1. The molecule has 0 aliphatic heterocycles. The number of halogens is 2. The van der Waals surface area contributed by atoms with Gasteiger partial charge in [-0.05, 0) is 6.42 Å². The lowest BCUT2D eigenvalue weighted by Gasteiger charge is -2.04. The molecular weight excluding hydrogens is 200 g/mol. The summed E-state index contributed by atoms with van der Waals surface area (Å²) in [5.41, 5.74) is 0. The average molecular weight is 221 g/mol. The molecule has 0 atom stereocenters. The van der Waals surface area contributed by atoms with Crippen molar-refractivity contribution >= 4 is 5.91 Å². The first kappa shape index (κ1) is 14.3. The predicted molar refractivity (Wildman–Crippen MR) is 57.0 cm³/mol. The number of nitrogens with one attached hydrogen (secondary N) is 1. The molecule has 0 radical (unpaired) electrons.